The van der Waals surface area contributed by atoms with Crippen molar-refractivity contribution in [2.45, 2.75) is 12.5 Å². The van der Waals surface area contributed by atoms with Crippen molar-refractivity contribution in [1.82, 2.24) is 10.6 Å². The molecule has 1 unspecified atom stereocenters. The normalized spacial score (nSPS) is 28.3. The molecule has 2 N–H and O–H groups in total. The number of rotatable bonds is 1. The van der Waals surface area contributed by atoms with Crippen LogP contribution in [0.25, 0.3) is 0 Å². The van der Waals surface area contributed by atoms with Gasteiger partial charge in [-0.2, -0.15) is 0 Å². The first-order chi connectivity index (χ1) is 7.28. The molecule has 0 radical (unpaired) electrons. The van der Waals surface area contributed by atoms with Crippen LogP contribution < -0.4 is 20.1 Å². The summed E-state index contributed by atoms with van der Waals surface area (Å²) in [6, 6.07) is 6.12. The Balaban J connectivity index is 1.98. The molecule has 2 heterocycles. The van der Waals surface area contributed by atoms with Gasteiger partial charge in [0.2, 0.25) is 6.79 Å². The molecule has 3 rings (SSSR count). The highest BCUT2D eigenvalue weighted by molar-refractivity contribution is 5.46. The molecule has 2 aliphatic rings. The first-order valence-corrected chi connectivity index (χ1v) is 5.14. The van der Waals surface area contributed by atoms with E-state index in [4.69, 9.17) is 9.47 Å². The van der Waals surface area contributed by atoms with Gasteiger partial charge in [0.25, 0.3) is 0 Å². The van der Waals surface area contributed by atoms with Crippen LogP contribution in [0.3, 0.4) is 0 Å². The van der Waals surface area contributed by atoms with Crippen LogP contribution in [0.5, 0.6) is 11.5 Å². The predicted molar refractivity (Wildman–Crippen MR) is 55.9 cm³/mol. The molecule has 1 atom stereocenters. The standard InChI is InChI=1S/C11H14N2O2/c1-11(5-12-6-13-11)8-2-3-9-10(4-8)15-7-14-9/h2-4,12-13H,5-7H2,1H3. The Hall–Kier alpha value is -1.26. The lowest BCUT2D eigenvalue weighted by molar-refractivity contribution is 0.174. The third-order valence-electron chi connectivity index (χ3n) is 3.09. The van der Waals surface area contributed by atoms with E-state index in [9.17, 15) is 0 Å². The number of nitrogens with one attached hydrogen (secondary N) is 2. The Morgan fingerprint density at radius 2 is 2.13 bits per heavy atom. The van der Waals surface area contributed by atoms with E-state index in [1.165, 1.54) is 5.56 Å². The zero-order chi connectivity index (χ0) is 10.3. The summed E-state index contributed by atoms with van der Waals surface area (Å²) >= 11 is 0. The van der Waals surface area contributed by atoms with E-state index >= 15 is 0 Å². The Morgan fingerprint density at radius 1 is 1.27 bits per heavy atom. The van der Waals surface area contributed by atoms with E-state index in [2.05, 4.69) is 29.7 Å². The van der Waals surface area contributed by atoms with Gasteiger partial charge in [-0.15, -0.1) is 0 Å². The summed E-state index contributed by atoms with van der Waals surface area (Å²) in [5.41, 5.74) is 1.23. The molecule has 80 valence electrons. The predicted octanol–water partition coefficient (Wildman–Crippen LogP) is 0.781. The number of benzene rings is 1. The van der Waals surface area contributed by atoms with Crippen LogP contribution in [-0.4, -0.2) is 20.0 Å². The second-order valence-electron chi connectivity index (χ2n) is 4.18. The van der Waals surface area contributed by atoms with Gasteiger partial charge in [-0.05, 0) is 24.6 Å². The molecular weight excluding hydrogens is 192 g/mol. The van der Waals surface area contributed by atoms with E-state index in [0.29, 0.717) is 6.79 Å². The molecule has 0 aromatic heterocycles. The molecule has 15 heavy (non-hydrogen) atoms. The SMILES string of the molecule is CC1(c2ccc3c(c2)OCO3)CNCN1. The van der Waals surface area contributed by atoms with E-state index in [1.807, 2.05) is 6.07 Å². The topological polar surface area (TPSA) is 42.5 Å². The Labute approximate surface area is 88.6 Å². The molecule has 4 heteroatoms. The minimum absolute atomic E-state index is 0.000972. The van der Waals surface area contributed by atoms with Gasteiger partial charge in [-0.25, -0.2) is 0 Å². The fourth-order valence-electron chi connectivity index (χ4n) is 2.08. The first-order valence-electron chi connectivity index (χ1n) is 5.14. The molecule has 4 nitrogen and oxygen atoms in total. The van der Waals surface area contributed by atoms with Gasteiger partial charge in [-0.1, -0.05) is 6.07 Å². The van der Waals surface area contributed by atoms with E-state index in [1.54, 1.807) is 0 Å². The Bertz CT molecular complexity index is 386. The van der Waals surface area contributed by atoms with Gasteiger partial charge >= 0.3 is 0 Å². The maximum absolute atomic E-state index is 5.37. The zero-order valence-corrected chi connectivity index (χ0v) is 8.67. The molecule has 1 aromatic carbocycles. The molecule has 0 amide bonds. The van der Waals surface area contributed by atoms with Crippen LogP contribution in [-0.2, 0) is 5.54 Å². The van der Waals surface area contributed by atoms with Crippen molar-refractivity contribution in [3.63, 3.8) is 0 Å². The largest absolute Gasteiger partial charge is 0.454 e. The first kappa shape index (κ1) is 9.00. The second kappa shape index (κ2) is 3.12. The summed E-state index contributed by atoms with van der Waals surface area (Å²) in [5, 5.41) is 6.73. The molecule has 2 aliphatic heterocycles. The third-order valence-corrected chi connectivity index (χ3v) is 3.09. The second-order valence-corrected chi connectivity index (χ2v) is 4.18. The van der Waals surface area contributed by atoms with Crippen LogP contribution in [0.1, 0.15) is 12.5 Å². The van der Waals surface area contributed by atoms with E-state index < -0.39 is 0 Å². The van der Waals surface area contributed by atoms with E-state index in [-0.39, 0.29) is 5.54 Å². The molecule has 1 aromatic rings. The summed E-state index contributed by atoms with van der Waals surface area (Å²) in [6.07, 6.45) is 0. The maximum atomic E-state index is 5.37. The highest BCUT2D eigenvalue weighted by Gasteiger charge is 2.31. The minimum atomic E-state index is 0.000972. The Kier molecular flexibility index (Phi) is 1.87. The lowest BCUT2D eigenvalue weighted by Gasteiger charge is -2.24. The quantitative estimate of drug-likeness (QED) is 0.712. The number of hydrogen-bond acceptors (Lipinski definition) is 4. The average Bonchev–Trinajstić information content (AvgIpc) is 2.85. The molecule has 0 spiro atoms. The molecule has 0 aliphatic carbocycles. The van der Waals surface area contributed by atoms with Crippen molar-refractivity contribution in [3.8, 4) is 11.5 Å². The van der Waals surface area contributed by atoms with Crippen molar-refractivity contribution in [1.29, 1.82) is 0 Å². The summed E-state index contributed by atoms with van der Waals surface area (Å²) < 4.78 is 10.7. The van der Waals surface area contributed by atoms with Crippen LogP contribution >= 0.6 is 0 Å². The van der Waals surface area contributed by atoms with Gasteiger partial charge in [0, 0.05) is 13.2 Å². The van der Waals surface area contributed by atoms with Gasteiger partial charge < -0.3 is 14.8 Å². The van der Waals surface area contributed by atoms with Crippen molar-refractivity contribution in [2.75, 3.05) is 20.0 Å². The minimum Gasteiger partial charge on any atom is -0.454 e. The maximum Gasteiger partial charge on any atom is 0.231 e. The lowest BCUT2D eigenvalue weighted by Crippen LogP contribution is -2.35. The summed E-state index contributed by atoms with van der Waals surface area (Å²) in [4.78, 5) is 0. The van der Waals surface area contributed by atoms with Crippen molar-refractivity contribution in [2.24, 2.45) is 0 Å². The molecule has 0 bridgehead atoms. The highest BCUT2D eigenvalue weighted by Crippen LogP contribution is 2.35. The van der Waals surface area contributed by atoms with Gasteiger partial charge in [0.15, 0.2) is 11.5 Å². The fourth-order valence-corrected chi connectivity index (χ4v) is 2.08. The van der Waals surface area contributed by atoms with Crippen LogP contribution in [0, 0.1) is 0 Å². The van der Waals surface area contributed by atoms with E-state index in [0.717, 1.165) is 24.7 Å². The summed E-state index contributed by atoms with van der Waals surface area (Å²) in [5.74, 6) is 1.69. The summed E-state index contributed by atoms with van der Waals surface area (Å²) in [6.45, 7) is 4.31. The summed E-state index contributed by atoms with van der Waals surface area (Å²) in [7, 11) is 0. The highest BCUT2D eigenvalue weighted by atomic mass is 16.7. The van der Waals surface area contributed by atoms with Gasteiger partial charge in [0.1, 0.15) is 0 Å². The van der Waals surface area contributed by atoms with Crippen molar-refractivity contribution in [3.05, 3.63) is 23.8 Å². The third kappa shape index (κ3) is 1.37. The van der Waals surface area contributed by atoms with Crippen molar-refractivity contribution < 1.29 is 9.47 Å². The molecule has 1 fully saturated rings. The van der Waals surface area contributed by atoms with Gasteiger partial charge in [0.05, 0.1) is 5.54 Å². The van der Waals surface area contributed by atoms with Crippen LogP contribution in [0.4, 0.5) is 0 Å². The fraction of sp³-hybridized carbons (Fsp3) is 0.455. The Morgan fingerprint density at radius 3 is 2.93 bits per heavy atom. The number of fused-ring (bicyclic) bond motifs is 1. The molecule has 0 saturated carbocycles. The molecule has 1 saturated heterocycles. The monoisotopic (exact) mass is 206 g/mol. The average molecular weight is 206 g/mol. The zero-order valence-electron chi connectivity index (χ0n) is 8.67. The van der Waals surface area contributed by atoms with Gasteiger partial charge in [-0.3, -0.25) is 5.32 Å². The number of ether oxygens (including phenoxy) is 2. The number of hydrogen-bond donors (Lipinski definition) is 2. The van der Waals surface area contributed by atoms with Crippen molar-refractivity contribution >= 4 is 0 Å². The van der Waals surface area contributed by atoms with Crippen LogP contribution in [0.15, 0.2) is 18.2 Å². The smallest absolute Gasteiger partial charge is 0.231 e. The molecular formula is C11H14N2O2. The van der Waals surface area contributed by atoms with Crippen LogP contribution in [0.2, 0.25) is 0 Å². The lowest BCUT2D eigenvalue weighted by atomic mass is 9.93.